The molecule has 0 radical (unpaired) electrons. The molecule has 0 spiro atoms. The topological polar surface area (TPSA) is 78.3 Å². The van der Waals surface area contributed by atoms with Crippen molar-refractivity contribution in [3.05, 3.63) is 48.3 Å². The van der Waals surface area contributed by atoms with E-state index in [0.717, 1.165) is 36.5 Å². The Kier molecular flexibility index (Phi) is 7.95. The molecule has 1 aliphatic carbocycles. The second-order valence-electron chi connectivity index (χ2n) is 7.88. The first-order valence-corrected chi connectivity index (χ1v) is 10.6. The Labute approximate surface area is 168 Å². The summed E-state index contributed by atoms with van der Waals surface area (Å²) in [6.45, 7) is 3.19. The standard InChI is InChI=1S/C23H33N3O2/c1-2-3-4-8-12-24-21-15-22(28)20(16-27)19(21)14-18-11-13-25-23(26-18)17-9-6-5-7-10-17/h5-7,9-11,13,19-22,24,27-28H,2-4,8,12,14-16H2,1H3/t19-,20-,21-,22-/m1/s1. The first-order valence-electron chi connectivity index (χ1n) is 10.6. The monoisotopic (exact) mass is 383 g/mol. The van der Waals surface area contributed by atoms with Crippen molar-refractivity contribution in [2.45, 2.75) is 57.6 Å². The van der Waals surface area contributed by atoms with Gasteiger partial charge in [-0.1, -0.05) is 56.5 Å². The Morgan fingerprint density at radius 2 is 1.89 bits per heavy atom. The fraction of sp³-hybridized carbons (Fsp3) is 0.565. The van der Waals surface area contributed by atoms with Gasteiger partial charge in [0, 0.05) is 36.0 Å². The van der Waals surface area contributed by atoms with Crippen molar-refractivity contribution in [1.82, 2.24) is 15.3 Å². The van der Waals surface area contributed by atoms with Gasteiger partial charge in [-0.05, 0) is 37.8 Å². The second kappa shape index (κ2) is 10.6. The number of hydrogen-bond acceptors (Lipinski definition) is 5. The third-order valence-electron chi connectivity index (χ3n) is 5.89. The van der Waals surface area contributed by atoms with Gasteiger partial charge in [0.2, 0.25) is 0 Å². The summed E-state index contributed by atoms with van der Waals surface area (Å²) in [4.78, 5) is 9.16. The molecule has 1 aromatic carbocycles. The number of hydrogen-bond donors (Lipinski definition) is 3. The van der Waals surface area contributed by atoms with Gasteiger partial charge in [0.15, 0.2) is 5.82 Å². The van der Waals surface area contributed by atoms with Gasteiger partial charge in [-0.2, -0.15) is 0 Å². The molecule has 0 amide bonds. The zero-order valence-electron chi connectivity index (χ0n) is 16.8. The molecule has 152 valence electrons. The van der Waals surface area contributed by atoms with E-state index in [4.69, 9.17) is 4.98 Å². The molecule has 5 nitrogen and oxygen atoms in total. The van der Waals surface area contributed by atoms with Crippen LogP contribution in [0, 0.1) is 11.8 Å². The number of aliphatic hydroxyl groups excluding tert-OH is 2. The number of nitrogens with zero attached hydrogens (tertiary/aromatic N) is 2. The highest BCUT2D eigenvalue weighted by Crippen LogP contribution is 2.35. The Hall–Kier alpha value is -1.82. The molecule has 1 fully saturated rings. The maximum Gasteiger partial charge on any atom is 0.159 e. The quantitative estimate of drug-likeness (QED) is 0.549. The third-order valence-corrected chi connectivity index (χ3v) is 5.89. The van der Waals surface area contributed by atoms with Crippen molar-refractivity contribution in [2.24, 2.45) is 11.8 Å². The second-order valence-corrected chi connectivity index (χ2v) is 7.88. The highest BCUT2D eigenvalue weighted by Gasteiger charge is 2.41. The van der Waals surface area contributed by atoms with Crippen LogP contribution in [0.15, 0.2) is 42.6 Å². The molecule has 0 unspecified atom stereocenters. The normalized spacial score (nSPS) is 24.5. The molecular formula is C23H33N3O2. The SMILES string of the molecule is CCCCCCN[C@@H]1C[C@@H](O)[C@H](CO)[C@H]1Cc1ccnc(-c2ccccc2)n1. The van der Waals surface area contributed by atoms with E-state index < -0.39 is 6.10 Å². The van der Waals surface area contributed by atoms with Crippen LogP contribution in [-0.2, 0) is 6.42 Å². The molecule has 4 atom stereocenters. The lowest BCUT2D eigenvalue weighted by atomic mass is 9.88. The average Bonchev–Trinajstić information content (AvgIpc) is 3.03. The van der Waals surface area contributed by atoms with Crippen molar-refractivity contribution in [3.63, 3.8) is 0 Å². The lowest BCUT2D eigenvalue weighted by Gasteiger charge is -2.25. The van der Waals surface area contributed by atoms with Gasteiger partial charge < -0.3 is 15.5 Å². The molecule has 0 saturated heterocycles. The molecule has 0 bridgehead atoms. The molecule has 0 aliphatic heterocycles. The summed E-state index contributed by atoms with van der Waals surface area (Å²) in [6, 6.07) is 12.1. The maximum atomic E-state index is 10.4. The molecule has 28 heavy (non-hydrogen) atoms. The molecule has 5 heteroatoms. The van der Waals surface area contributed by atoms with Gasteiger partial charge in [0.25, 0.3) is 0 Å². The number of benzene rings is 1. The van der Waals surface area contributed by atoms with E-state index in [9.17, 15) is 10.2 Å². The minimum atomic E-state index is -0.460. The molecule has 1 heterocycles. The molecule has 1 saturated carbocycles. The number of rotatable bonds is 10. The Bertz CT molecular complexity index is 710. The van der Waals surface area contributed by atoms with Crippen molar-refractivity contribution in [1.29, 1.82) is 0 Å². The molecule has 1 aromatic heterocycles. The van der Waals surface area contributed by atoms with E-state index in [0.29, 0.717) is 6.42 Å². The van der Waals surface area contributed by atoms with Crippen LogP contribution >= 0.6 is 0 Å². The summed E-state index contributed by atoms with van der Waals surface area (Å²) in [6.07, 6.45) is 7.66. The van der Waals surface area contributed by atoms with E-state index in [1.54, 1.807) is 6.20 Å². The zero-order chi connectivity index (χ0) is 19.8. The molecular weight excluding hydrogens is 350 g/mol. The van der Waals surface area contributed by atoms with Gasteiger partial charge in [-0.3, -0.25) is 0 Å². The fourth-order valence-corrected chi connectivity index (χ4v) is 4.30. The van der Waals surface area contributed by atoms with Crippen LogP contribution in [-0.4, -0.2) is 45.5 Å². The average molecular weight is 384 g/mol. The van der Waals surface area contributed by atoms with Gasteiger partial charge in [0.1, 0.15) is 0 Å². The fourth-order valence-electron chi connectivity index (χ4n) is 4.30. The van der Waals surface area contributed by atoms with Crippen LogP contribution in [0.25, 0.3) is 11.4 Å². The van der Waals surface area contributed by atoms with Crippen molar-refractivity contribution in [2.75, 3.05) is 13.2 Å². The van der Waals surface area contributed by atoms with E-state index in [2.05, 4.69) is 17.2 Å². The number of nitrogens with one attached hydrogen (secondary N) is 1. The van der Waals surface area contributed by atoms with Crippen LogP contribution < -0.4 is 5.32 Å². The third kappa shape index (κ3) is 5.37. The van der Waals surface area contributed by atoms with Gasteiger partial charge in [0.05, 0.1) is 6.10 Å². The van der Waals surface area contributed by atoms with Crippen molar-refractivity contribution < 1.29 is 10.2 Å². The van der Waals surface area contributed by atoms with E-state index in [-0.39, 0.29) is 24.5 Å². The first kappa shape index (κ1) is 20.9. The lowest BCUT2D eigenvalue weighted by molar-refractivity contribution is 0.0716. The largest absolute Gasteiger partial charge is 0.396 e. The molecule has 3 rings (SSSR count). The maximum absolute atomic E-state index is 10.4. The van der Waals surface area contributed by atoms with E-state index in [1.165, 1.54) is 19.3 Å². The number of aromatic nitrogens is 2. The predicted octanol–water partition coefficient (Wildman–Crippen LogP) is 3.21. The first-order chi connectivity index (χ1) is 13.7. The van der Waals surface area contributed by atoms with E-state index >= 15 is 0 Å². The zero-order valence-corrected chi connectivity index (χ0v) is 16.8. The van der Waals surface area contributed by atoms with Gasteiger partial charge >= 0.3 is 0 Å². The summed E-state index contributed by atoms with van der Waals surface area (Å²) in [7, 11) is 0. The predicted molar refractivity (Wildman–Crippen MR) is 112 cm³/mol. The lowest BCUT2D eigenvalue weighted by Crippen LogP contribution is -2.37. The highest BCUT2D eigenvalue weighted by molar-refractivity contribution is 5.54. The van der Waals surface area contributed by atoms with E-state index in [1.807, 2.05) is 36.4 Å². The van der Waals surface area contributed by atoms with Crippen LogP contribution in [0.1, 0.15) is 44.7 Å². The van der Waals surface area contributed by atoms with Crippen molar-refractivity contribution >= 4 is 0 Å². The molecule has 2 aromatic rings. The number of unbranched alkanes of at least 4 members (excludes halogenated alkanes) is 3. The summed E-state index contributed by atoms with van der Waals surface area (Å²) in [5, 5.41) is 23.9. The minimum Gasteiger partial charge on any atom is -0.396 e. The molecule has 3 N–H and O–H groups in total. The smallest absolute Gasteiger partial charge is 0.159 e. The van der Waals surface area contributed by atoms with Crippen LogP contribution in [0.2, 0.25) is 0 Å². The Morgan fingerprint density at radius 1 is 1.07 bits per heavy atom. The van der Waals surface area contributed by atoms with Gasteiger partial charge in [-0.15, -0.1) is 0 Å². The van der Waals surface area contributed by atoms with Crippen LogP contribution in [0.4, 0.5) is 0 Å². The highest BCUT2D eigenvalue weighted by atomic mass is 16.3. The Morgan fingerprint density at radius 3 is 2.64 bits per heavy atom. The van der Waals surface area contributed by atoms with Crippen molar-refractivity contribution in [3.8, 4) is 11.4 Å². The van der Waals surface area contributed by atoms with Crippen LogP contribution in [0.5, 0.6) is 0 Å². The summed E-state index contributed by atoms with van der Waals surface area (Å²) < 4.78 is 0. The van der Waals surface area contributed by atoms with Crippen LogP contribution in [0.3, 0.4) is 0 Å². The summed E-state index contributed by atoms with van der Waals surface area (Å²) in [5.74, 6) is 0.786. The molecule has 1 aliphatic rings. The summed E-state index contributed by atoms with van der Waals surface area (Å²) in [5.41, 5.74) is 1.96. The minimum absolute atomic E-state index is 0.0104. The van der Waals surface area contributed by atoms with Gasteiger partial charge in [-0.25, -0.2) is 9.97 Å². The number of aliphatic hydroxyl groups is 2. The Balaban J connectivity index is 1.68. The summed E-state index contributed by atoms with van der Waals surface area (Å²) >= 11 is 0.